The molecule has 2 heterocycles. The standard InChI is InChI=1S/C21H27N5O3/c1-20(2,3)26-16-15(12-23-26)17(27)25-19(24-16)22-11-13-7-9-14(10-8-13)18(28)29-21(4,5)6/h7-10,12H,11H2,1-6H3,(H2,22,24,25,27). The van der Waals surface area contributed by atoms with Gasteiger partial charge in [-0.3, -0.25) is 9.78 Å². The van der Waals surface area contributed by atoms with Crippen molar-refractivity contribution in [3.05, 3.63) is 51.9 Å². The van der Waals surface area contributed by atoms with E-state index < -0.39 is 5.60 Å². The lowest BCUT2D eigenvalue weighted by atomic mass is 10.1. The van der Waals surface area contributed by atoms with Crippen molar-refractivity contribution in [2.24, 2.45) is 0 Å². The monoisotopic (exact) mass is 397 g/mol. The summed E-state index contributed by atoms with van der Waals surface area (Å²) in [4.78, 5) is 31.7. The molecule has 0 amide bonds. The molecule has 3 aromatic rings. The van der Waals surface area contributed by atoms with Crippen LogP contribution in [-0.2, 0) is 16.8 Å². The van der Waals surface area contributed by atoms with Crippen LogP contribution in [0.5, 0.6) is 0 Å². The average Bonchev–Trinajstić information content (AvgIpc) is 3.04. The van der Waals surface area contributed by atoms with Gasteiger partial charge in [-0.2, -0.15) is 10.1 Å². The predicted molar refractivity (Wildman–Crippen MR) is 112 cm³/mol. The molecule has 0 unspecified atom stereocenters. The topological polar surface area (TPSA) is 102 Å². The Morgan fingerprint density at radius 1 is 1.14 bits per heavy atom. The fraction of sp³-hybridized carbons (Fsp3) is 0.429. The SMILES string of the molecule is CC(C)(C)OC(=O)c1ccc(CNc2nc3c(cnn3C(C)(C)C)c(=O)[nH]2)cc1. The van der Waals surface area contributed by atoms with E-state index in [2.05, 4.69) is 20.4 Å². The molecule has 1 aromatic carbocycles. The lowest BCUT2D eigenvalue weighted by molar-refractivity contribution is 0.00695. The Balaban J connectivity index is 1.75. The molecule has 3 rings (SSSR count). The van der Waals surface area contributed by atoms with Crippen molar-refractivity contribution in [2.45, 2.75) is 59.2 Å². The Kier molecular flexibility index (Phi) is 5.21. The van der Waals surface area contributed by atoms with Gasteiger partial charge in [0.15, 0.2) is 5.65 Å². The molecule has 0 spiro atoms. The average molecular weight is 397 g/mol. The van der Waals surface area contributed by atoms with Gasteiger partial charge in [-0.15, -0.1) is 0 Å². The number of benzene rings is 1. The second-order valence-corrected chi connectivity index (χ2v) is 8.93. The summed E-state index contributed by atoms with van der Waals surface area (Å²) in [5.41, 5.74) is 0.886. The number of carbonyl (C=O) groups excluding carboxylic acids is 1. The lowest BCUT2D eigenvalue weighted by Crippen LogP contribution is -2.24. The van der Waals surface area contributed by atoms with E-state index in [9.17, 15) is 9.59 Å². The summed E-state index contributed by atoms with van der Waals surface area (Å²) >= 11 is 0. The molecule has 8 nitrogen and oxygen atoms in total. The molecule has 0 aliphatic carbocycles. The molecule has 0 aliphatic heterocycles. The number of nitrogens with one attached hydrogen (secondary N) is 2. The molecule has 0 radical (unpaired) electrons. The van der Waals surface area contributed by atoms with Crippen LogP contribution < -0.4 is 10.9 Å². The van der Waals surface area contributed by atoms with Crippen LogP contribution in [-0.4, -0.2) is 31.3 Å². The van der Waals surface area contributed by atoms with Crippen molar-refractivity contribution in [1.82, 2.24) is 19.7 Å². The number of nitrogens with zero attached hydrogens (tertiary/aromatic N) is 3. The van der Waals surface area contributed by atoms with Crippen LogP contribution in [0.2, 0.25) is 0 Å². The maximum absolute atomic E-state index is 12.3. The van der Waals surface area contributed by atoms with E-state index in [0.717, 1.165) is 5.56 Å². The summed E-state index contributed by atoms with van der Waals surface area (Å²) in [6, 6.07) is 7.11. The van der Waals surface area contributed by atoms with E-state index in [1.165, 1.54) is 6.20 Å². The van der Waals surface area contributed by atoms with Gasteiger partial charge < -0.3 is 10.1 Å². The third-order valence-electron chi connectivity index (χ3n) is 4.12. The van der Waals surface area contributed by atoms with Gasteiger partial charge in [0.1, 0.15) is 11.0 Å². The third kappa shape index (κ3) is 4.82. The predicted octanol–water partition coefficient (Wildman–Crippen LogP) is 3.44. The normalized spacial score (nSPS) is 12.2. The Labute approximate surface area is 169 Å². The summed E-state index contributed by atoms with van der Waals surface area (Å²) in [6.45, 7) is 11.9. The molecular weight excluding hydrogens is 370 g/mol. The molecular formula is C21H27N5O3. The molecule has 2 aromatic heterocycles. The first kappa shape index (κ1) is 20.6. The minimum absolute atomic E-state index is 0.242. The smallest absolute Gasteiger partial charge is 0.338 e. The number of carbonyl (C=O) groups is 1. The molecule has 154 valence electrons. The van der Waals surface area contributed by atoms with E-state index in [0.29, 0.717) is 29.1 Å². The quantitative estimate of drug-likeness (QED) is 0.654. The molecule has 29 heavy (non-hydrogen) atoms. The number of esters is 1. The highest BCUT2D eigenvalue weighted by Gasteiger charge is 2.20. The van der Waals surface area contributed by atoms with Gasteiger partial charge in [-0.1, -0.05) is 12.1 Å². The van der Waals surface area contributed by atoms with E-state index in [-0.39, 0.29) is 17.1 Å². The molecule has 8 heteroatoms. The first-order valence-corrected chi connectivity index (χ1v) is 9.49. The van der Waals surface area contributed by atoms with Crippen molar-refractivity contribution in [1.29, 1.82) is 0 Å². The summed E-state index contributed by atoms with van der Waals surface area (Å²) in [5, 5.41) is 7.88. The van der Waals surface area contributed by atoms with Crippen molar-refractivity contribution < 1.29 is 9.53 Å². The second-order valence-electron chi connectivity index (χ2n) is 8.93. The van der Waals surface area contributed by atoms with Crippen LogP contribution in [0.1, 0.15) is 57.5 Å². The van der Waals surface area contributed by atoms with E-state index in [4.69, 9.17) is 4.74 Å². The van der Waals surface area contributed by atoms with Gasteiger partial charge in [0, 0.05) is 6.54 Å². The van der Waals surface area contributed by atoms with Crippen molar-refractivity contribution >= 4 is 23.0 Å². The van der Waals surface area contributed by atoms with Crippen LogP contribution in [0.25, 0.3) is 11.0 Å². The fourth-order valence-corrected chi connectivity index (χ4v) is 2.77. The Morgan fingerprint density at radius 2 is 1.79 bits per heavy atom. The molecule has 0 atom stereocenters. The van der Waals surface area contributed by atoms with Crippen LogP contribution >= 0.6 is 0 Å². The van der Waals surface area contributed by atoms with Crippen LogP contribution in [0, 0.1) is 0 Å². The zero-order chi connectivity index (χ0) is 21.4. The number of anilines is 1. The molecule has 2 N–H and O–H groups in total. The molecule has 0 aliphatic rings. The lowest BCUT2D eigenvalue weighted by Gasteiger charge is -2.20. The number of ether oxygens (including phenoxy) is 1. The van der Waals surface area contributed by atoms with Crippen LogP contribution in [0.3, 0.4) is 0 Å². The van der Waals surface area contributed by atoms with Gasteiger partial charge in [-0.25, -0.2) is 9.48 Å². The van der Waals surface area contributed by atoms with Crippen molar-refractivity contribution in [3.8, 4) is 0 Å². The summed E-state index contributed by atoms with van der Waals surface area (Å²) < 4.78 is 7.10. The van der Waals surface area contributed by atoms with Crippen LogP contribution in [0.4, 0.5) is 5.95 Å². The Hall–Kier alpha value is -3.16. The number of aromatic amines is 1. The van der Waals surface area contributed by atoms with Crippen molar-refractivity contribution in [2.75, 3.05) is 5.32 Å². The molecule has 0 bridgehead atoms. The summed E-state index contributed by atoms with van der Waals surface area (Å²) in [7, 11) is 0. The third-order valence-corrected chi connectivity index (χ3v) is 4.12. The zero-order valence-electron chi connectivity index (χ0n) is 17.7. The van der Waals surface area contributed by atoms with E-state index in [1.807, 2.05) is 53.7 Å². The van der Waals surface area contributed by atoms with E-state index >= 15 is 0 Å². The number of H-pyrrole nitrogens is 1. The van der Waals surface area contributed by atoms with Gasteiger partial charge in [0.25, 0.3) is 5.56 Å². The maximum Gasteiger partial charge on any atom is 0.338 e. The number of fused-ring (bicyclic) bond motifs is 1. The second kappa shape index (κ2) is 7.35. The minimum atomic E-state index is -0.535. The highest BCUT2D eigenvalue weighted by molar-refractivity contribution is 5.89. The summed E-state index contributed by atoms with van der Waals surface area (Å²) in [6.07, 6.45) is 1.53. The first-order valence-electron chi connectivity index (χ1n) is 9.49. The fourth-order valence-electron chi connectivity index (χ4n) is 2.77. The largest absolute Gasteiger partial charge is 0.456 e. The van der Waals surface area contributed by atoms with E-state index in [1.54, 1.807) is 16.8 Å². The highest BCUT2D eigenvalue weighted by atomic mass is 16.6. The number of aromatic nitrogens is 4. The molecule has 0 fully saturated rings. The maximum atomic E-state index is 12.3. The number of rotatable bonds is 4. The van der Waals surface area contributed by atoms with Gasteiger partial charge >= 0.3 is 5.97 Å². The molecule has 0 saturated heterocycles. The number of hydrogen-bond donors (Lipinski definition) is 2. The Morgan fingerprint density at radius 3 is 2.38 bits per heavy atom. The number of hydrogen-bond acceptors (Lipinski definition) is 6. The van der Waals surface area contributed by atoms with Gasteiger partial charge in [-0.05, 0) is 59.2 Å². The molecule has 0 saturated carbocycles. The van der Waals surface area contributed by atoms with Crippen LogP contribution in [0.15, 0.2) is 35.3 Å². The van der Waals surface area contributed by atoms with Gasteiger partial charge in [0.2, 0.25) is 5.95 Å². The zero-order valence-corrected chi connectivity index (χ0v) is 17.7. The van der Waals surface area contributed by atoms with Crippen molar-refractivity contribution in [3.63, 3.8) is 0 Å². The van der Waals surface area contributed by atoms with Gasteiger partial charge in [0.05, 0.1) is 17.3 Å². The summed E-state index contributed by atoms with van der Waals surface area (Å²) in [5.74, 6) is 0.00798. The Bertz CT molecular complexity index is 1080. The first-order chi connectivity index (χ1) is 13.4. The highest BCUT2D eigenvalue weighted by Crippen LogP contribution is 2.19. The minimum Gasteiger partial charge on any atom is -0.456 e.